The second-order valence-electron chi connectivity index (χ2n) is 7.41. The van der Waals surface area contributed by atoms with Gasteiger partial charge in [0, 0.05) is 6.07 Å². The zero-order valence-electron chi connectivity index (χ0n) is 19.3. The van der Waals surface area contributed by atoms with Crippen LogP contribution in [0.1, 0.15) is 19.4 Å². The zero-order valence-corrected chi connectivity index (χ0v) is 19.3. The summed E-state index contributed by atoms with van der Waals surface area (Å²) in [6, 6.07) is 21.3. The average Bonchev–Trinajstić information content (AvgIpc) is 3.10. The van der Waals surface area contributed by atoms with Gasteiger partial charge >= 0.3 is 0 Å². The van der Waals surface area contributed by atoms with E-state index >= 15 is 0 Å². The van der Waals surface area contributed by atoms with Crippen molar-refractivity contribution in [3.05, 3.63) is 84.1 Å². The number of para-hydroxylation sites is 2. The van der Waals surface area contributed by atoms with Gasteiger partial charge in [-0.25, -0.2) is 4.90 Å². The van der Waals surface area contributed by atoms with Crippen molar-refractivity contribution in [3.8, 4) is 17.2 Å². The third-order valence-corrected chi connectivity index (χ3v) is 5.30. The standard InChI is InChI=1S/C27H26N2O5/c1-4-33-21-10-8-9-19(17-21)29-26(30)24(18-13-15-20(32-3)16-14-18)25(27(29)31)28-22-11-6-7-12-23(22)34-5-2/h6-17,28H,4-5H2,1-3H3. The van der Waals surface area contributed by atoms with Gasteiger partial charge in [-0.2, -0.15) is 0 Å². The molecule has 0 saturated heterocycles. The molecule has 4 rings (SSSR count). The Labute approximate surface area is 198 Å². The molecule has 7 nitrogen and oxygen atoms in total. The number of hydrogen-bond acceptors (Lipinski definition) is 6. The van der Waals surface area contributed by atoms with Crippen molar-refractivity contribution in [2.24, 2.45) is 0 Å². The fourth-order valence-corrected chi connectivity index (χ4v) is 3.77. The molecule has 0 bridgehead atoms. The molecule has 1 aliphatic heterocycles. The first-order valence-corrected chi connectivity index (χ1v) is 11.1. The Morgan fingerprint density at radius 1 is 0.794 bits per heavy atom. The summed E-state index contributed by atoms with van der Waals surface area (Å²) in [4.78, 5) is 28.5. The number of amides is 2. The van der Waals surface area contributed by atoms with E-state index in [1.807, 2.05) is 32.0 Å². The van der Waals surface area contributed by atoms with E-state index in [0.29, 0.717) is 47.4 Å². The van der Waals surface area contributed by atoms with Gasteiger partial charge in [-0.05, 0) is 55.8 Å². The van der Waals surface area contributed by atoms with Crippen molar-refractivity contribution in [2.75, 3.05) is 30.5 Å². The number of nitrogens with zero attached hydrogens (tertiary/aromatic N) is 1. The molecule has 0 spiro atoms. The number of nitrogens with one attached hydrogen (secondary N) is 1. The monoisotopic (exact) mass is 458 g/mol. The lowest BCUT2D eigenvalue weighted by Crippen LogP contribution is -2.32. The third-order valence-electron chi connectivity index (χ3n) is 5.30. The van der Waals surface area contributed by atoms with Crippen LogP contribution in [0.2, 0.25) is 0 Å². The van der Waals surface area contributed by atoms with Crippen LogP contribution in [0.25, 0.3) is 5.57 Å². The maximum Gasteiger partial charge on any atom is 0.282 e. The molecule has 1 aliphatic rings. The van der Waals surface area contributed by atoms with Crippen LogP contribution in [-0.4, -0.2) is 32.1 Å². The molecule has 3 aromatic carbocycles. The van der Waals surface area contributed by atoms with Gasteiger partial charge in [-0.15, -0.1) is 0 Å². The first kappa shape index (κ1) is 22.9. The van der Waals surface area contributed by atoms with Gasteiger partial charge in [0.2, 0.25) is 0 Å². The Hall–Kier alpha value is -4.26. The summed E-state index contributed by atoms with van der Waals surface area (Å²) in [5.74, 6) is 0.924. The van der Waals surface area contributed by atoms with Gasteiger partial charge in [0.1, 0.15) is 22.9 Å². The highest BCUT2D eigenvalue weighted by Crippen LogP contribution is 2.37. The Morgan fingerprint density at radius 2 is 1.53 bits per heavy atom. The van der Waals surface area contributed by atoms with Crippen LogP contribution in [0, 0.1) is 0 Å². The Bertz CT molecular complexity index is 1230. The molecule has 3 aromatic rings. The molecular weight excluding hydrogens is 432 g/mol. The number of benzene rings is 3. The average molecular weight is 459 g/mol. The molecule has 1 heterocycles. The van der Waals surface area contributed by atoms with E-state index in [-0.39, 0.29) is 11.3 Å². The Balaban J connectivity index is 1.80. The third kappa shape index (κ3) is 4.45. The molecular formula is C27H26N2O5. The fraction of sp³-hybridized carbons (Fsp3) is 0.185. The number of carbonyl (C=O) groups is 2. The number of carbonyl (C=O) groups excluding carboxylic acids is 2. The quantitative estimate of drug-likeness (QED) is 0.460. The van der Waals surface area contributed by atoms with Crippen LogP contribution < -0.4 is 24.4 Å². The van der Waals surface area contributed by atoms with Crippen molar-refractivity contribution in [2.45, 2.75) is 13.8 Å². The minimum atomic E-state index is -0.462. The number of hydrogen-bond donors (Lipinski definition) is 1. The predicted octanol–water partition coefficient (Wildman–Crippen LogP) is 4.89. The normalized spacial score (nSPS) is 13.3. The summed E-state index contributed by atoms with van der Waals surface area (Å²) >= 11 is 0. The van der Waals surface area contributed by atoms with Gasteiger partial charge < -0.3 is 19.5 Å². The summed E-state index contributed by atoms with van der Waals surface area (Å²) in [5.41, 5.74) is 2.06. The van der Waals surface area contributed by atoms with Crippen LogP contribution in [0.3, 0.4) is 0 Å². The van der Waals surface area contributed by atoms with E-state index in [0.717, 1.165) is 4.90 Å². The molecule has 34 heavy (non-hydrogen) atoms. The van der Waals surface area contributed by atoms with Crippen molar-refractivity contribution < 1.29 is 23.8 Å². The van der Waals surface area contributed by atoms with Gasteiger partial charge in [0.15, 0.2) is 0 Å². The second kappa shape index (κ2) is 10.1. The number of ether oxygens (including phenoxy) is 3. The van der Waals surface area contributed by atoms with E-state index in [1.165, 1.54) is 0 Å². The minimum Gasteiger partial charge on any atom is -0.497 e. The summed E-state index contributed by atoms with van der Waals surface area (Å²) in [6.07, 6.45) is 0. The van der Waals surface area contributed by atoms with Crippen LogP contribution in [0.15, 0.2) is 78.5 Å². The highest BCUT2D eigenvalue weighted by atomic mass is 16.5. The Kier molecular flexibility index (Phi) is 6.82. The lowest BCUT2D eigenvalue weighted by molar-refractivity contribution is -0.120. The van der Waals surface area contributed by atoms with E-state index in [4.69, 9.17) is 14.2 Å². The fourth-order valence-electron chi connectivity index (χ4n) is 3.77. The molecule has 0 unspecified atom stereocenters. The molecule has 1 N–H and O–H groups in total. The van der Waals surface area contributed by atoms with E-state index in [2.05, 4.69) is 5.32 Å². The first-order valence-electron chi connectivity index (χ1n) is 11.1. The molecule has 7 heteroatoms. The summed E-state index contributed by atoms with van der Waals surface area (Å²) in [5, 5.41) is 3.17. The molecule has 0 atom stereocenters. The second-order valence-corrected chi connectivity index (χ2v) is 7.41. The molecule has 0 aliphatic carbocycles. The smallest absolute Gasteiger partial charge is 0.282 e. The minimum absolute atomic E-state index is 0.170. The van der Waals surface area contributed by atoms with Crippen LogP contribution in [-0.2, 0) is 9.59 Å². The van der Waals surface area contributed by atoms with Gasteiger partial charge in [0.25, 0.3) is 11.8 Å². The van der Waals surface area contributed by atoms with Crippen LogP contribution >= 0.6 is 0 Å². The lowest BCUT2D eigenvalue weighted by Gasteiger charge is -2.17. The van der Waals surface area contributed by atoms with Gasteiger partial charge in [-0.3, -0.25) is 9.59 Å². The van der Waals surface area contributed by atoms with Crippen molar-refractivity contribution in [1.29, 1.82) is 0 Å². The highest BCUT2D eigenvalue weighted by Gasteiger charge is 2.40. The number of methoxy groups -OCH3 is 1. The van der Waals surface area contributed by atoms with Crippen LogP contribution in [0.4, 0.5) is 11.4 Å². The molecule has 0 saturated carbocycles. The molecule has 0 fully saturated rings. The molecule has 174 valence electrons. The summed E-state index contributed by atoms with van der Waals surface area (Å²) < 4.78 is 16.5. The lowest BCUT2D eigenvalue weighted by atomic mass is 10.0. The molecule has 2 amide bonds. The Morgan fingerprint density at radius 3 is 2.24 bits per heavy atom. The van der Waals surface area contributed by atoms with Gasteiger partial charge in [-0.1, -0.05) is 30.3 Å². The maximum atomic E-state index is 13.7. The SMILES string of the molecule is CCOc1cccc(N2C(=O)C(Nc3ccccc3OCC)=C(c3ccc(OC)cc3)C2=O)c1. The molecule has 0 radical (unpaired) electrons. The maximum absolute atomic E-state index is 13.7. The predicted molar refractivity (Wildman–Crippen MR) is 131 cm³/mol. The number of rotatable bonds is 9. The zero-order chi connectivity index (χ0) is 24.1. The highest BCUT2D eigenvalue weighted by molar-refractivity contribution is 6.46. The summed E-state index contributed by atoms with van der Waals surface area (Å²) in [7, 11) is 1.57. The largest absolute Gasteiger partial charge is 0.497 e. The van der Waals surface area contributed by atoms with Crippen molar-refractivity contribution >= 4 is 28.8 Å². The van der Waals surface area contributed by atoms with Crippen molar-refractivity contribution in [3.63, 3.8) is 0 Å². The van der Waals surface area contributed by atoms with Gasteiger partial charge in [0.05, 0.1) is 37.3 Å². The first-order chi connectivity index (χ1) is 16.6. The van der Waals surface area contributed by atoms with E-state index < -0.39 is 11.8 Å². The number of imide groups is 1. The van der Waals surface area contributed by atoms with E-state index in [9.17, 15) is 9.59 Å². The topological polar surface area (TPSA) is 77.1 Å². The summed E-state index contributed by atoms with van der Waals surface area (Å²) in [6.45, 7) is 4.70. The number of anilines is 2. The molecule has 0 aromatic heterocycles. The van der Waals surface area contributed by atoms with Crippen molar-refractivity contribution in [1.82, 2.24) is 0 Å². The van der Waals surface area contributed by atoms with E-state index in [1.54, 1.807) is 61.7 Å². The van der Waals surface area contributed by atoms with Crippen LogP contribution in [0.5, 0.6) is 17.2 Å².